The van der Waals surface area contributed by atoms with Gasteiger partial charge in [-0.25, -0.2) is 4.39 Å². The normalized spacial score (nSPS) is 23.9. The van der Waals surface area contributed by atoms with E-state index < -0.39 is 17.7 Å². The lowest BCUT2D eigenvalue weighted by Gasteiger charge is -2.32. The van der Waals surface area contributed by atoms with Crippen molar-refractivity contribution in [3.63, 3.8) is 0 Å². The number of ether oxygens (including phenoxy) is 2. The van der Waals surface area contributed by atoms with Gasteiger partial charge >= 0.3 is 0 Å². The molecule has 1 atom stereocenters. The van der Waals surface area contributed by atoms with E-state index in [0.29, 0.717) is 28.9 Å². The van der Waals surface area contributed by atoms with E-state index in [0.717, 1.165) is 37.5 Å². The summed E-state index contributed by atoms with van der Waals surface area (Å²) < 4.78 is 41.0. The smallest absolute Gasteiger partial charge is 0.207 e. The van der Waals surface area contributed by atoms with Crippen molar-refractivity contribution in [3.05, 3.63) is 47.0 Å². The third-order valence-electron chi connectivity index (χ3n) is 7.16. The zero-order chi connectivity index (χ0) is 20.8. The van der Waals surface area contributed by atoms with Crippen LogP contribution in [-0.2, 0) is 6.61 Å². The van der Waals surface area contributed by atoms with Gasteiger partial charge in [0.25, 0.3) is 0 Å². The van der Waals surface area contributed by atoms with Crippen LogP contribution in [-0.4, -0.2) is 11.7 Å². The van der Waals surface area contributed by atoms with Gasteiger partial charge in [0, 0.05) is 16.7 Å². The standard InChI is InChI=1S/C25H28F2O3/c1-2-29-21-12-11-18-17-9-10-19(22(26)20(17)13-30-25(18)23(21)27)24(28)16-7-5-15(6-8-16)14-3-4-14/h9-12,14-16,24,28H,2-8,13H2,1H3. The predicted molar refractivity (Wildman–Crippen MR) is 110 cm³/mol. The molecule has 0 bridgehead atoms. The van der Waals surface area contributed by atoms with Gasteiger partial charge in [-0.2, -0.15) is 4.39 Å². The summed E-state index contributed by atoms with van der Waals surface area (Å²) in [6, 6.07) is 6.70. The van der Waals surface area contributed by atoms with Gasteiger partial charge in [-0.15, -0.1) is 0 Å². The van der Waals surface area contributed by atoms with Gasteiger partial charge in [0.15, 0.2) is 11.5 Å². The van der Waals surface area contributed by atoms with Crippen molar-refractivity contribution in [2.45, 2.75) is 58.2 Å². The fraction of sp³-hybridized carbons (Fsp3) is 0.520. The molecular weight excluding hydrogens is 386 g/mol. The number of aliphatic hydroxyl groups excluding tert-OH is 1. The maximum absolute atomic E-state index is 15.4. The molecule has 2 fully saturated rings. The molecule has 160 valence electrons. The van der Waals surface area contributed by atoms with Crippen molar-refractivity contribution in [3.8, 4) is 22.6 Å². The first-order chi connectivity index (χ1) is 14.6. The predicted octanol–water partition coefficient (Wildman–Crippen LogP) is 6.17. The Kier molecular flexibility index (Phi) is 5.18. The molecule has 0 saturated heterocycles. The fourth-order valence-corrected chi connectivity index (χ4v) is 5.32. The first kappa shape index (κ1) is 19.8. The molecule has 1 unspecified atom stereocenters. The second-order valence-corrected chi connectivity index (χ2v) is 8.93. The Hall–Kier alpha value is -2.14. The average molecular weight is 414 g/mol. The van der Waals surface area contributed by atoms with Gasteiger partial charge in [-0.05, 0) is 80.9 Å². The first-order valence-electron chi connectivity index (χ1n) is 11.2. The minimum Gasteiger partial charge on any atom is -0.491 e. The van der Waals surface area contributed by atoms with E-state index in [1.807, 2.05) is 0 Å². The maximum atomic E-state index is 15.4. The van der Waals surface area contributed by atoms with Crippen LogP contribution in [0.1, 0.15) is 62.7 Å². The quantitative estimate of drug-likeness (QED) is 0.636. The Labute approximate surface area is 176 Å². The number of fused-ring (bicyclic) bond motifs is 3. The third kappa shape index (κ3) is 3.37. The molecule has 1 heterocycles. The van der Waals surface area contributed by atoms with Crippen molar-refractivity contribution in [1.82, 2.24) is 0 Å². The fourth-order valence-electron chi connectivity index (χ4n) is 5.32. The minimum atomic E-state index is -0.811. The Morgan fingerprint density at radius 2 is 1.63 bits per heavy atom. The largest absolute Gasteiger partial charge is 0.491 e. The molecule has 2 aliphatic carbocycles. The lowest BCUT2D eigenvalue weighted by atomic mass is 9.76. The summed E-state index contributed by atoms with van der Waals surface area (Å²) in [7, 11) is 0. The summed E-state index contributed by atoms with van der Waals surface area (Å²) in [6.07, 6.45) is 6.06. The van der Waals surface area contributed by atoms with Crippen molar-refractivity contribution in [1.29, 1.82) is 0 Å². The van der Waals surface area contributed by atoms with Gasteiger partial charge in [0.2, 0.25) is 5.82 Å². The van der Waals surface area contributed by atoms with Crippen LogP contribution in [0.4, 0.5) is 8.78 Å². The summed E-state index contributed by atoms with van der Waals surface area (Å²) in [5.41, 5.74) is 1.85. The number of hydrogen-bond acceptors (Lipinski definition) is 3. The van der Waals surface area contributed by atoms with E-state index in [4.69, 9.17) is 9.47 Å². The van der Waals surface area contributed by atoms with Crippen molar-refractivity contribution in [2.24, 2.45) is 17.8 Å². The second-order valence-electron chi connectivity index (χ2n) is 8.93. The molecule has 1 N–H and O–H groups in total. The molecule has 0 radical (unpaired) electrons. The van der Waals surface area contributed by atoms with Crippen LogP contribution in [0.25, 0.3) is 11.1 Å². The molecule has 2 aromatic rings. The molecule has 3 aliphatic rings. The van der Waals surface area contributed by atoms with Crippen LogP contribution < -0.4 is 9.47 Å². The Balaban J connectivity index is 1.41. The Bertz CT molecular complexity index is 946. The molecule has 5 heteroatoms. The average Bonchev–Trinajstić information content (AvgIpc) is 3.61. The molecule has 3 nitrogen and oxygen atoms in total. The van der Waals surface area contributed by atoms with E-state index in [1.165, 1.54) is 12.8 Å². The molecule has 0 spiro atoms. The summed E-state index contributed by atoms with van der Waals surface area (Å²) in [5.74, 6) is 1.03. The second kappa shape index (κ2) is 7.84. The SMILES string of the molecule is CCOc1ccc2c(c1F)OCc1c-2ccc(C(O)C2CCC(C3CC3)CC2)c1F. The maximum Gasteiger partial charge on any atom is 0.207 e. The summed E-state index contributed by atoms with van der Waals surface area (Å²) in [6.45, 7) is 2.08. The lowest BCUT2D eigenvalue weighted by Crippen LogP contribution is -2.23. The Morgan fingerprint density at radius 1 is 0.967 bits per heavy atom. The van der Waals surface area contributed by atoms with Gasteiger partial charge in [-0.1, -0.05) is 12.1 Å². The van der Waals surface area contributed by atoms with Crippen LogP contribution >= 0.6 is 0 Å². The van der Waals surface area contributed by atoms with Gasteiger partial charge in [-0.3, -0.25) is 0 Å². The summed E-state index contributed by atoms with van der Waals surface area (Å²) in [4.78, 5) is 0. The highest BCUT2D eigenvalue weighted by Gasteiger charge is 2.37. The van der Waals surface area contributed by atoms with Gasteiger partial charge in [0.1, 0.15) is 12.4 Å². The topological polar surface area (TPSA) is 38.7 Å². The highest BCUT2D eigenvalue weighted by molar-refractivity contribution is 5.77. The van der Waals surface area contributed by atoms with E-state index in [-0.39, 0.29) is 24.0 Å². The van der Waals surface area contributed by atoms with E-state index >= 15 is 4.39 Å². The van der Waals surface area contributed by atoms with Gasteiger partial charge in [0.05, 0.1) is 12.7 Å². The molecule has 5 rings (SSSR count). The molecule has 0 amide bonds. The molecule has 2 saturated carbocycles. The van der Waals surface area contributed by atoms with Crippen molar-refractivity contribution < 1.29 is 23.4 Å². The summed E-state index contributed by atoms with van der Waals surface area (Å²) >= 11 is 0. The molecular formula is C25H28F2O3. The molecule has 1 aliphatic heterocycles. The van der Waals surface area contributed by atoms with E-state index in [2.05, 4.69) is 0 Å². The number of hydrogen-bond donors (Lipinski definition) is 1. The van der Waals surface area contributed by atoms with E-state index in [1.54, 1.807) is 31.2 Å². The number of rotatable bonds is 5. The minimum absolute atomic E-state index is 0.0599. The van der Waals surface area contributed by atoms with Gasteiger partial charge < -0.3 is 14.6 Å². The van der Waals surface area contributed by atoms with E-state index in [9.17, 15) is 9.50 Å². The zero-order valence-corrected chi connectivity index (χ0v) is 17.3. The van der Waals surface area contributed by atoms with Crippen LogP contribution in [0.5, 0.6) is 11.5 Å². The van der Waals surface area contributed by atoms with Crippen LogP contribution in [0.3, 0.4) is 0 Å². The monoisotopic (exact) mass is 414 g/mol. The van der Waals surface area contributed by atoms with Crippen LogP contribution in [0.2, 0.25) is 0 Å². The molecule has 2 aromatic carbocycles. The summed E-state index contributed by atoms with van der Waals surface area (Å²) in [5, 5.41) is 10.9. The highest BCUT2D eigenvalue weighted by atomic mass is 19.1. The molecule has 30 heavy (non-hydrogen) atoms. The number of aliphatic hydroxyl groups is 1. The third-order valence-corrected chi connectivity index (χ3v) is 7.16. The number of benzene rings is 2. The number of halogens is 2. The molecule has 0 aromatic heterocycles. The lowest BCUT2D eigenvalue weighted by molar-refractivity contribution is 0.0674. The van der Waals surface area contributed by atoms with Crippen molar-refractivity contribution >= 4 is 0 Å². The first-order valence-corrected chi connectivity index (χ1v) is 11.2. The van der Waals surface area contributed by atoms with Crippen LogP contribution in [0, 0.1) is 29.4 Å². The highest BCUT2D eigenvalue weighted by Crippen LogP contribution is 2.48. The van der Waals surface area contributed by atoms with Crippen molar-refractivity contribution in [2.75, 3.05) is 6.61 Å². The van der Waals surface area contributed by atoms with Crippen LogP contribution in [0.15, 0.2) is 24.3 Å². The Morgan fingerprint density at radius 3 is 2.30 bits per heavy atom. The zero-order valence-electron chi connectivity index (χ0n) is 17.3.